The molecule has 0 heterocycles. The molecule has 0 aromatic carbocycles. The Balaban J connectivity index is 2.26. The minimum atomic E-state index is 0.265. The van der Waals surface area contributed by atoms with Crippen molar-refractivity contribution < 1.29 is 4.79 Å². The fourth-order valence-electron chi connectivity index (χ4n) is 1.44. The van der Waals surface area contributed by atoms with Crippen molar-refractivity contribution in [3.63, 3.8) is 0 Å². The van der Waals surface area contributed by atoms with Crippen LogP contribution in [0.5, 0.6) is 0 Å². The zero-order valence-corrected chi connectivity index (χ0v) is 8.63. The van der Waals surface area contributed by atoms with Crippen molar-refractivity contribution in [1.82, 2.24) is 4.90 Å². The Morgan fingerprint density at radius 2 is 2.15 bits per heavy atom. The highest BCUT2D eigenvalue weighted by Gasteiger charge is 2.42. The first kappa shape index (κ1) is 10.1. The van der Waals surface area contributed by atoms with Crippen LogP contribution in [0.3, 0.4) is 0 Å². The standard InChI is InChI=1S/C11H17NO/c1-4-5-6-7-9-8-10(9)11(13)12(2)3/h9-10H,4,7-8H2,1-3H3/t9-,10-/m1/s1. The van der Waals surface area contributed by atoms with Crippen molar-refractivity contribution in [2.45, 2.75) is 26.2 Å². The minimum Gasteiger partial charge on any atom is -0.349 e. The molecule has 1 rings (SSSR count). The molecule has 2 heteroatoms. The molecule has 0 bridgehead atoms. The summed E-state index contributed by atoms with van der Waals surface area (Å²) in [6.45, 7) is 2.04. The maximum absolute atomic E-state index is 11.4. The molecule has 0 spiro atoms. The second-order valence-corrected chi connectivity index (χ2v) is 3.75. The third kappa shape index (κ3) is 2.77. The molecule has 0 aromatic rings. The van der Waals surface area contributed by atoms with E-state index in [9.17, 15) is 4.79 Å². The van der Waals surface area contributed by atoms with Crippen LogP contribution in [0.1, 0.15) is 26.2 Å². The van der Waals surface area contributed by atoms with Crippen molar-refractivity contribution in [2.75, 3.05) is 14.1 Å². The highest BCUT2D eigenvalue weighted by Crippen LogP contribution is 2.41. The van der Waals surface area contributed by atoms with Gasteiger partial charge in [-0.3, -0.25) is 4.79 Å². The first-order chi connectivity index (χ1) is 6.16. The van der Waals surface area contributed by atoms with Gasteiger partial charge in [0.15, 0.2) is 0 Å². The summed E-state index contributed by atoms with van der Waals surface area (Å²) in [6, 6.07) is 0. The van der Waals surface area contributed by atoms with E-state index >= 15 is 0 Å². The highest BCUT2D eigenvalue weighted by molar-refractivity contribution is 5.81. The van der Waals surface area contributed by atoms with E-state index in [1.807, 2.05) is 21.0 Å². The first-order valence-electron chi connectivity index (χ1n) is 4.83. The molecular formula is C11H17NO. The van der Waals surface area contributed by atoms with Crippen LogP contribution in [0.4, 0.5) is 0 Å². The van der Waals surface area contributed by atoms with Gasteiger partial charge in [-0.1, -0.05) is 6.92 Å². The SMILES string of the molecule is CCC#CC[C@@H]1C[C@H]1C(=O)N(C)C. The van der Waals surface area contributed by atoms with Gasteiger partial charge in [0.25, 0.3) is 0 Å². The number of hydrogen-bond donors (Lipinski definition) is 0. The molecule has 0 unspecified atom stereocenters. The lowest BCUT2D eigenvalue weighted by Gasteiger charge is -2.08. The number of hydrogen-bond acceptors (Lipinski definition) is 1. The molecule has 0 saturated heterocycles. The maximum Gasteiger partial charge on any atom is 0.225 e. The van der Waals surface area contributed by atoms with Crippen molar-refractivity contribution in [3.05, 3.63) is 0 Å². The predicted molar refractivity (Wildman–Crippen MR) is 53.0 cm³/mol. The number of rotatable bonds is 2. The minimum absolute atomic E-state index is 0.265. The molecule has 2 nitrogen and oxygen atoms in total. The van der Waals surface area contributed by atoms with Gasteiger partial charge in [-0.15, -0.1) is 11.8 Å². The van der Waals surface area contributed by atoms with Gasteiger partial charge in [0.1, 0.15) is 0 Å². The summed E-state index contributed by atoms with van der Waals surface area (Å²) in [4.78, 5) is 13.1. The van der Waals surface area contributed by atoms with E-state index in [1.54, 1.807) is 4.90 Å². The lowest BCUT2D eigenvalue weighted by atomic mass is 10.2. The van der Waals surface area contributed by atoms with Gasteiger partial charge in [0.2, 0.25) is 5.91 Å². The van der Waals surface area contributed by atoms with Crippen LogP contribution in [0.15, 0.2) is 0 Å². The third-order valence-corrected chi connectivity index (χ3v) is 2.35. The monoisotopic (exact) mass is 179 g/mol. The van der Waals surface area contributed by atoms with Crippen LogP contribution in [0.25, 0.3) is 0 Å². The first-order valence-corrected chi connectivity index (χ1v) is 4.83. The second-order valence-electron chi connectivity index (χ2n) is 3.75. The fourth-order valence-corrected chi connectivity index (χ4v) is 1.44. The number of nitrogens with zero attached hydrogens (tertiary/aromatic N) is 1. The second kappa shape index (κ2) is 4.32. The summed E-state index contributed by atoms with van der Waals surface area (Å²) in [6.07, 6.45) is 2.85. The molecule has 1 aliphatic rings. The Morgan fingerprint density at radius 1 is 1.46 bits per heavy atom. The average Bonchev–Trinajstić information content (AvgIpc) is 2.83. The molecule has 1 fully saturated rings. The Bertz CT molecular complexity index is 247. The molecule has 0 aromatic heterocycles. The zero-order chi connectivity index (χ0) is 9.84. The molecule has 1 aliphatic carbocycles. The summed E-state index contributed by atoms with van der Waals surface area (Å²) in [5, 5.41) is 0. The van der Waals surface area contributed by atoms with E-state index in [4.69, 9.17) is 0 Å². The van der Waals surface area contributed by atoms with Crippen molar-refractivity contribution in [2.24, 2.45) is 11.8 Å². The maximum atomic E-state index is 11.4. The topological polar surface area (TPSA) is 20.3 Å². The predicted octanol–water partition coefficient (Wildman–Crippen LogP) is 1.51. The molecule has 13 heavy (non-hydrogen) atoms. The normalized spacial score (nSPS) is 24.5. The fraction of sp³-hybridized carbons (Fsp3) is 0.727. The van der Waals surface area contributed by atoms with E-state index < -0.39 is 0 Å². The van der Waals surface area contributed by atoms with Gasteiger partial charge >= 0.3 is 0 Å². The van der Waals surface area contributed by atoms with E-state index in [1.165, 1.54) is 0 Å². The summed E-state index contributed by atoms with van der Waals surface area (Å²) < 4.78 is 0. The highest BCUT2D eigenvalue weighted by atomic mass is 16.2. The van der Waals surface area contributed by atoms with Gasteiger partial charge in [-0.25, -0.2) is 0 Å². The van der Waals surface area contributed by atoms with Gasteiger partial charge in [0.05, 0.1) is 0 Å². The Labute approximate surface area is 80.3 Å². The molecule has 72 valence electrons. The van der Waals surface area contributed by atoms with Gasteiger partial charge in [-0.05, 0) is 12.3 Å². The van der Waals surface area contributed by atoms with Crippen molar-refractivity contribution in [1.29, 1.82) is 0 Å². The van der Waals surface area contributed by atoms with Crippen molar-refractivity contribution in [3.8, 4) is 11.8 Å². The molecule has 2 atom stereocenters. The van der Waals surface area contributed by atoms with E-state index in [0.717, 1.165) is 19.3 Å². The lowest BCUT2D eigenvalue weighted by molar-refractivity contribution is -0.130. The van der Waals surface area contributed by atoms with E-state index in [0.29, 0.717) is 5.92 Å². The molecule has 0 radical (unpaired) electrons. The Kier molecular flexibility index (Phi) is 3.36. The summed E-state index contributed by atoms with van der Waals surface area (Å²) in [5.41, 5.74) is 0. The molecular weight excluding hydrogens is 162 g/mol. The Morgan fingerprint density at radius 3 is 2.69 bits per heavy atom. The largest absolute Gasteiger partial charge is 0.349 e. The smallest absolute Gasteiger partial charge is 0.225 e. The third-order valence-electron chi connectivity index (χ3n) is 2.35. The van der Waals surface area contributed by atoms with E-state index in [2.05, 4.69) is 11.8 Å². The van der Waals surface area contributed by atoms with Gasteiger partial charge < -0.3 is 4.90 Å². The lowest BCUT2D eigenvalue weighted by Crippen LogP contribution is -2.23. The Hall–Kier alpha value is -0.970. The molecule has 0 N–H and O–H groups in total. The molecule has 0 aliphatic heterocycles. The summed E-state index contributed by atoms with van der Waals surface area (Å²) in [5.74, 6) is 7.20. The van der Waals surface area contributed by atoms with Gasteiger partial charge in [0, 0.05) is 32.9 Å². The van der Waals surface area contributed by atoms with E-state index in [-0.39, 0.29) is 11.8 Å². The zero-order valence-electron chi connectivity index (χ0n) is 8.63. The number of amides is 1. The van der Waals surface area contributed by atoms with Crippen LogP contribution in [-0.2, 0) is 4.79 Å². The summed E-state index contributed by atoms with van der Waals surface area (Å²) >= 11 is 0. The van der Waals surface area contributed by atoms with Crippen LogP contribution < -0.4 is 0 Å². The van der Waals surface area contributed by atoms with Crippen molar-refractivity contribution >= 4 is 5.91 Å². The van der Waals surface area contributed by atoms with Crippen LogP contribution >= 0.6 is 0 Å². The quantitative estimate of drug-likeness (QED) is 0.588. The van der Waals surface area contributed by atoms with Crippen LogP contribution in [-0.4, -0.2) is 24.9 Å². The summed E-state index contributed by atoms with van der Waals surface area (Å²) in [7, 11) is 3.63. The number of carbonyl (C=O) groups is 1. The van der Waals surface area contributed by atoms with Crippen LogP contribution in [0, 0.1) is 23.7 Å². The van der Waals surface area contributed by atoms with Crippen LogP contribution in [0.2, 0.25) is 0 Å². The molecule has 1 saturated carbocycles. The van der Waals surface area contributed by atoms with Gasteiger partial charge in [-0.2, -0.15) is 0 Å². The average molecular weight is 179 g/mol. The number of carbonyl (C=O) groups excluding carboxylic acids is 1. The molecule has 1 amide bonds.